The summed E-state index contributed by atoms with van der Waals surface area (Å²) >= 11 is 0. The van der Waals surface area contributed by atoms with Gasteiger partial charge in [0.25, 0.3) is 0 Å². The van der Waals surface area contributed by atoms with Crippen LogP contribution in [0.5, 0.6) is 11.5 Å². The molecule has 0 radical (unpaired) electrons. The van der Waals surface area contributed by atoms with Crippen LogP contribution in [0.1, 0.15) is 44.7 Å². The molecule has 0 aliphatic heterocycles. The summed E-state index contributed by atoms with van der Waals surface area (Å²) in [5.41, 5.74) is 6.91. The normalized spacial score (nSPS) is 12.2. The largest absolute Gasteiger partial charge is 0.496 e. The number of methoxy groups -OCH3 is 1. The Kier molecular flexibility index (Phi) is 5.84. The van der Waals surface area contributed by atoms with Gasteiger partial charge in [-0.2, -0.15) is 0 Å². The van der Waals surface area contributed by atoms with Gasteiger partial charge in [-0.15, -0.1) is 0 Å². The van der Waals surface area contributed by atoms with Gasteiger partial charge in [0.05, 0.1) is 19.3 Å². The third-order valence-electron chi connectivity index (χ3n) is 2.71. The lowest BCUT2D eigenvalue weighted by Crippen LogP contribution is -2.10. The van der Waals surface area contributed by atoms with Crippen molar-refractivity contribution in [2.24, 2.45) is 5.73 Å². The third-order valence-corrected chi connectivity index (χ3v) is 2.71. The molecule has 0 aliphatic carbocycles. The van der Waals surface area contributed by atoms with E-state index in [-0.39, 0.29) is 6.04 Å². The summed E-state index contributed by atoms with van der Waals surface area (Å²) in [5, 5.41) is 0. The lowest BCUT2D eigenvalue weighted by atomic mass is 10.1. The highest BCUT2D eigenvalue weighted by atomic mass is 16.5. The summed E-state index contributed by atoms with van der Waals surface area (Å²) in [7, 11) is 1.65. The van der Waals surface area contributed by atoms with Crippen molar-refractivity contribution in [3.05, 3.63) is 23.8 Å². The van der Waals surface area contributed by atoms with E-state index < -0.39 is 0 Å². The first-order valence-electron chi connectivity index (χ1n) is 6.26. The summed E-state index contributed by atoms with van der Waals surface area (Å²) < 4.78 is 11.1. The number of benzene rings is 1. The fraction of sp³-hybridized carbons (Fsp3) is 0.571. The molecule has 0 heterocycles. The van der Waals surface area contributed by atoms with Crippen molar-refractivity contribution >= 4 is 0 Å². The second kappa shape index (κ2) is 7.17. The van der Waals surface area contributed by atoms with Gasteiger partial charge < -0.3 is 15.2 Å². The minimum absolute atomic E-state index is 0.0904. The second-order valence-electron chi connectivity index (χ2n) is 4.22. The van der Waals surface area contributed by atoms with Crippen molar-refractivity contribution in [3.63, 3.8) is 0 Å². The van der Waals surface area contributed by atoms with Crippen LogP contribution < -0.4 is 15.2 Å². The average Bonchev–Trinajstić information content (AvgIpc) is 2.33. The lowest BCUT2D eigenvalue weighted by molar-refractivity contribution is 0.298. The number of ether oxygens (including phenoxy) is 2. The highest BCUT2D eigenvalue weighted by Crippen LogP contribution is 2.32. The van der Waals surface area contributed by atoms with E-state index in [1.807, 2.05) is 25.1 Å². The Bertz CT molecular complexity index is 337. The molecule has 0 spiro atoms. The molecule has 0 aromatic heterocycles. The molecular weight excluding hydrogens is 214 g/mol. The molecule has 2 N–H and O–H groups in total. The Morgan fingerprint density at radius 3 is 2.53 bits per heavy atom. The van der Waals surface area contributed by atoms with Crippen LogP contribution in [-0.2, 0) is 0 Å². The summed E-state index contributed by atoms with van der Waals surface area (Å²) in [6.45, 7) is 4.86. The summed E-state index contributed by atoms with van der Waals surface area (Å²) in [6.07, 6.45) is 3.46. The zero-order valence-electron chi connectivity index (χ0n) is 11.0. The molecule has 17 heavy (non-hydrogen) atoms. The molecule has 3 heteroatoms. The Balaban J connectivity index is 2.76. The van der Waals surface area contributed by atoms with Crippen LogP contribution >= 0.6 is 0 Å². The van der Waals surface area contributed by atoms with E-state index in [2.05, 4.69) is 6.92 Å². The van der Waals surface area contributed by atoms with Gasteiger partial charge in [-0.1, -0.05) is 25.8 Å². The highest BCUT2D eigenvalue weighted by Gasteiger charge is 2.13. The molecule has 1 aromatic rings. The van der Waals surface area contributed by atoms with E-state index in [0.29, 0.717) is 0 Å². The first kappa shape index (κ1) is 13.8. The van der Waals surface area contributed by atoms with Gasteiger partial charge >= 0.3 is 0 Å². The maximum atomic E-state index is 5.96. The van der Waals surface area contributed by atoms with E-state index in [0.717, 1.165) is 30.1 Å². The second-order valence-corrected chi connectivity index (χ2v) is 4.22. The van der Waals surface area contributed by atoms with Crippen molar-refractivity contribution in [2.45, 2.75) is 39.2 Å². The maximum Gasteiger partial charge on any atom is 0.127 e. The molecule has 1 atom stereocenters. The Hall–Kier alpha value is -1.22. The number of unbranched alkanes of at least 4 members (excludes halogenated alkanes) is 2. The average molecular weight is 237 g/mol. The summed E-state index contributed by atoms with van der Waals surface area (Å²) in [5.74, 6) is 1.64. The molecule has 0 saturated carbocycles. The van der Waals surface area contributed by atoms with E-state index in [9.17, 15) is 0 Å². The minimum atomic E-state index is -0.0904. The number of hydrogen-bond acceptors (Lipinski definition) is 3. The molecule has 0 fully saturated rings. The Morgan fingerprint density at radius 1 is 1.24 bits per heavy atom. The van der Waals surface area contributed by atoms with E-state index in [4.69, 9.17) is 15.2 Å². The molecule has 0 saturated heterocycles. The van der Waals surface area contributed by atoms with Gasteiger partial charge in [-0.25, -0.2) is 0 Å². The monoisotopic (exact) mass is 237 g/mol. The van der Waals surface area contributed by atoms with Gasteiger partial charge in [0, 0.05) is 6.04 Å². The number of hydrogen-bond donors (Lipinski definition) is 1. The quantitative estimate of drug-likeness (QED) is 0.740. The topological polar surface area (TPSA) is 44.5 Å². The zero-order valence-corrected chi connectivity index (χ0v) is 11.0. The molecule has 0 bridgehead atoms. The van der Waals surface area contributed by atoms with Crippen molar-refractivity contribution in [3.8, 4) is 11.5 Å². The van der Waals surface area contributed by atoms with Crippen molar-refractivity contribution in [2.75, 3.05) is 13.7 Å². The van der Waals surface area contributed by atoms with Crippen LogP contribution in [0.3, 0.4) is 0 Å². The molecule has 1 rings (SSSR count). The van der Waals surface area contributed by atoms with Crippen molar-refractivity contribution < 1.29 is 9.47 Å². The molecule has 1 unspecified atom stereocenters. The predicted octanol–water partition coefficient (Wildman–Crippen LogP) is 3.28. The standard InChI is InChI=1S/C14H23NO2/c1-4-5-6-10-17-13-9-7-8-12(16-3)14(13)11(2)15/h7-9,11H,4-6,10,15H2,1-3H3. The van der Waals surface area contributed by atoms with Crippen LogP contribution in [0.15, 0.2) is 18.2 Å². The fourth-order valence-electron chi connectivity index (χ4n) is 1.81. The number of rotatable bonds is 7. The molecule has 1 aromatic carbocycles. The third kappa shape index (κ3) is 3.93. The smallest absolute Gasteiger partial charge is 0.127 e. The van der Waals surface area contributed by atoms with Crippen molar-refractivity contribution in [1.29, 1.82) is 0 Å². The maximum absolute atomic E-state index is 5.96. The first-order valence-corrected chi connectivity index (χ1v) is 6.26. The zero-order chi connectivity index (χ0) is 12.7. The molecule has 96 valence electrons. The first-order chi connectivity index (χ1) is 8.20. The highest BCUT2D eigenvalue weighted by molar-refractivity contribution is 5.46. The fourth-order valence-corrected chi connectivity index (χ4v) is 1.81. The molecule has 0 aliphatic rings. The molecule has 3 nitrogen and oxygen atoms in total. The van der Waals surface area contributed by atoms with Crippen LogP contribution in [-0.4, -0.2) is 13.7 Å². The van der Waals surface area contributed by atoms with Gasteiger partial charge in [0.2, 0.25) is 0 Å². The lowest BCUT2D eigenvalue weighted by Gasteiger charge is -2.17. The number of nitrogens with two attached hydrogens (primary N) is 1. The van der Waals surface area contributed by atoms with Gasteiger partial charge in [-0.3, -0.25) is 0 Å². The van der Waals surface area contributed by atoms with E-state index in [1.165, 1.54) is 12.8 Å². The van der Waals surface area contributed by atoms with Crippen LogP contribution in [0.4, 0.5) is 0 Å². The van der Waals surface area contributed by atoms with Gasteiger partial charge in [0.15, 0.2) is 0 Å². The predicted molar refractivity (Wildman–Crippen MR) is 70.6 cm³/mol. The van der Waals surface area contributed by atoms with Crippen molar-refractivity contribution in [1.82, 2.24) is 0 Å². The van der Waals surface area contributed by atoms with E-state index >= 15 is 0 Å². The summed E-state index contributed by atoms with van der Waals surface area (Å²) in [6, 6.07) is 5.71. The molecular formula is C14H23NO2. The molecule has 0 amide bonds. The Morgan fingerprint density at radius 2 is 1.94 bits per heavy atom. The minimum Gasteiger partial charge on any atom is -0.496 e. The van der Waals surface area contributed by atoms with Crippen LogP contribution in [0.25, 0.3) is 0 Å². The van der Waals surface area contributed by atoms with E-state index in [1.54, 1.807) is 7.11 Å². The SMILES string of the molecule is CCCCCOc1cccc(OC)c1C(C)N. The van der Waals surface area contributed by atoms with Gasteiger partial charge in [-0.05, 0) is 25.5 Å². The van der Waals surface area contributed by atoms with Gasteiger partial charge in [0.1, 0.15) is 11.5 Å². The van der Waals surface area contributed by atoms with Crippen LogP contribution in [0, 0.1) is 0 Å². The van der Waals surface area contributed by atoms with Crippen LogP contribution in [0.2, 0.25) is 0 Å². The summed E-state index contributed by atoms with van der Waals surface area (Å²) in [4.78, 5) is 0. The Labute approximate surface area is 104 Å².